The van der Waals surface area contributed by atoms with E-state index >= 15 is 0 Å². The first-order chi connectivity index (χ1) is 8.22. The zero-order valence-electron chi connectivity index (χ0n) is 11.0. The van der Waals surface area contributed by atoms with E-state index in [1.807, 2.05) is 6.92 Å². The quantitative estimate of drug-likeness (QED) is 0.814. The van der Waals surface area contributed by atoms with Crippen LogP contribution in [0.5, 0.6) is 0 Å². The Morgan fingerprint density at radius 3 is 2.65 bits per heavy atom. The minimum absolute atomic E-state index is 0.0405. The Kier molecular flexibility index (Phi) is 2.89. The minimum Gasteiger partial charge on any atom is -0.322 e. The van der Waals surface area contributed by atoms with Crippen molar-refractivity contribution in [1.29, 1.82) is 0 Å². The Balaban J connectivity index is 1.74. The number of amides is 1. The second-order valence-corrected chi connectivity index (χ2v) is 6.09. The summed E-state index contributed by atoms with van der Waals surface area (Å²) in [6.45, 7) is 4.26. The van der Waals surface area contributed by atoms with Gasteiger partial charge in [-0.25, -0.2) is 0 Å². The van der Waals surface area contributed by atoms with Crippen LogP contribution in [0, 0.1) is 11.8 Å². The first-order valence-electron chi connectivity index (χ1n) is 7.30. The fourth-order valence-corrected chi connectivity index (χ4v) is 3.79. The van der Waals surface area contributed by atoms with E-state index in [1.165, 1.54) is 38.5 Å². The summed E-state index contributed by atoms with van der Waals surface area (Å²) in [6, 6.07) is 0.592. The van der Waals surface area contributed by atoms with Gasteiger partial charge in [0.1, 0.15) is 0 Å². The van der Waals surface area contributed by atoms with Crippen molar-refractivity contribution in [3.05, 3.63) is 0 Å². The van der Waals surface area contributed by atoms with Gasteiger partial charge in [-0.1, -0.05) is 26.2 Å². The third-order valence-corrected chi connectivity index (χ3v) is 4.96. The van der Waals surface area contributed by atoms with Crippen molar-refractivity contribution in [1.82, 2.24) is 10.2 Å². The number of hydrogen-bond acceptors (Lipinski definition) is 2. The highest BCUT2D eigenvalue weighted by atomic mass is 16.2. The zero-order chi connectivity index (χ0) is 12.0. The molecule has 0 aromatic carbocycles. The molecule has 1 amide bonds. The van der Waals surface area contributed by atoms with E-state index in [4.69, 9.17) is 0 Å². The third-order valence-electron chi connectivity index (χ3n) is 4.96. The fourth-order valence-electron chi connectivity index (χ4n) is 3.79. The standard InChI is InChI=1S/C14H24N2O/c1-3-10-8-12(10)16-13(11-6-4-5-7-11)15-9(2)14(16)17/h9-13,15H,3-8H2,1-2H3. The Morgan fingerprint density at radius 2 is 2.06 bits per heavy atom. The normalized spacial score (nSPS) is 42.5. The maximum atomic E-state index is 12.3. The lowest BCUT2D eigenvalue weighted by Gasteiger charge is -2.29. The van der Waals surface area contributed by atoms with Crippen LogP contribution >= 0.6 is 0 Å². The summed E-state index contributed by atoms with van der Waals surface area (Å²) >= 11 is 0. The average molecular weight is 236 g/mol. The van der Waals surface area contributed by atoms with Crippen LogP contribution in [0.3, 0.4) is 0 Å². The van der Waals surface area contributed by atoms with Gasteiger partial charge in [0.25, 0.3) is 0 Å². The first kappa shape index (κ1) is 11.5. The maximum absolute atomic E-state index is 12.3. The SMILES string of the molecule is CCC1CC1N1C(=O)C(C)NC1C1CCCC1. The topological polar surface area (TPSA) is 32.3 Å². The first-order valence-corrected chi connectivity index (χ1v) is 7.30. The van der Waals surface area contributed by atoms with Crippen molar-refractivity contribution in [3.63, 3.8) is 0 Å². The predicted octanol–water partition coefficient (Wildman–Crippen LogP) is 2.12. The van der Waals surface area contributed by atoms with Gasteiger partial charge >= 0.3 is 0 Å². The number of hydrogen-bond donors (Lipinski definition) is 1. The van der Waals surface area contributed by atoms with Crippen LogP contribution < -0.4 is 5.32 Å². The Labute approximate surface area is 104 Å². The molecule has 3 aliphatic rings. The van der Waals surface area contributed by atoms with Gasteiger partial charge in [-0.15, -0.1) is 0 Å². The Hall–Kier alpha value is -0.570. The molecule has 1 heterocycles. The van der Waals surface area contributed by atoms with Crippen LogP contribution in [0.25, 0.3) is 0 Å². The molecule has 0 bridgehead atoms. The van der Waals surface area contributed by atoms with Crippen LogP contribution in [-0.2, 0) is 4.79 Å². The fraction of sp³-hybridized carbons (Fsp3) is 0.929. The molecule has 0 radical (unpaired) electrons. The summed E-state index contributed by atoms with van der Waals surface area (Å²) in [5.74, 6) is 1.83. The number of nitrogens with one attached hydrogen (secondary N) is 1. The molecule has 1 aliphatic heterocycles. The number of carbonyl (C=O) groups is 1. The highest BCUT2D eigenvalue weighted by molar-refractivity contribution is 5.84. The van der Waals surface area contributed by atoms with Crippen molar-refractivity contribution in [2.45, 2.75) is 70.6 Å². The number of nitrogens with zero attached hydrogens (tertiary/aromatic N) is 1. The molecule has 3 rings (SSSR count). The highest BCUT2D eigenvalue weighted by Crippen LogP contribution is 2.43. The molecule has 96 valence electrons. The van der Waals surface area contributed by atoms with Gasteiger partial charge in [0, 0.05) is 6.04 Å². The average Bonchev–Trinajstić information content (AvgIpc) is 2.77. The van der Waals surface area contributed by atoms with Crippen LogP contribution in [0.2, 0.25) is 0 Å². The molecule has 3 fully saturated rings. The van der Waals surface area contributed by atoms with Gasteiger partial charge in [-0.05, 0) is 38.0 Å². The van der Waals surface area contributed by atoms with Crippen LogP contribution in [0.1, 0.15) is 52.4 Å². The molecular formula is C14H24N2O. The summed E-state index contributed by atoms with van der Waals surface area (Å²) < 4.78 is 0. The summed E-state index contributed by atoms with van der Waals surface area (Å²) in [4.78, 5) is 14.5. The lowest BCUT2D eigenvalue weighted by molar-refractivity contribution is -0.131. The molecule has 1 N–H and O–H groups in total. The van der Waals surface area contributed by atoms with Gasteiger partial charge in [-0.3, -0.25) is 10.1 Å². The second-order valence-electron chi connectivity index (χ2n) is 6.09. The van der Waals surface area contributed by atoms with Crippen molar-refractivity contribution >= 4 is 5.91 Å². The maximum Gasteiger partial charge on any atom is 0.240 e. The van der Waals surface area contributed by atoms with Crippen molar-refractivity contribution in [3.8, 4) is 0 Å². The van der Waals surface area contributed by atoms with Crippen molar-refractivity contribution in [2.75, 3.05) is 0 Å². The van der Waals surface area contributed by atoms with E-state index in [0.29, 0.717) is 24.0 Å². The Bertz CT molecular complexity index is 311. The van der Waals surface area contributed by atoms with Gasteiger partial charge in [-0.2, -0.15) is 0 Å². The van der Waals surface area contributed by atoms with E-state index < -0.39 is 0 Å². The van der Waals surface area contributed by atoms with Gasteiger partial charge in [0.15, 0.2) is 0 Å². The van der Waals surface area contributed by atoms with E-state index in [9.17, 15) is 4.79 Å². The van der Waals surface area contributed by atoms with Gasteiger partial charge in [0.05, 0.1) is 12.2 Å². The van der Waals surface area contributed by atoms with E-state index in [-0.39, 0.29) is 6.04 Å². The largest absolute Gasteiger partial charge is 0.322 e. The molecule has 0 aromatic rings. The van der Waals surface area contributed by atoms with Gasteiger partial charge < -0.3 is 4.90 Å². The molecular weight excluding hydrogens is 212 g/mol. The Morgan fingerprint density at radius 1 is 1.35 bits per heavy atom. The second kappa shape index (κ2) is 4.27. The molecule has 1 saturated heterocycles. The molecule has 4 unspecified atom stereocenters. The van der Waals surface area contributed by atoms with Crippen LogP contribution in [-0.4, -0.2) is 29.1 Å². The summed E-state index contributed by atoms with van der Waals surface area (Å²) in [5, 5.41) is 3.54. The molecule has 0 spiro atoms. The number of carbonyl (C=O) groups excluding carboxylic acids is 1. The predicted molar refractivity (Wildman–Crippen MR) is 67.4 cm³/mol. The lowest BCUT2D eigenvalue weighted by atomic mass is 10.0. The summed E-state index contributed by atoms with van der Waals surface area (Å²) in [7, 11) is 0. The highest BCUT2D eigenvalue weighted by Gasteiger charge is 2.51. The smallest absolute Gasteiger partial charge is 0.240 e. The molecule has 3 heteroatoms. The lowest BCUT2D eigenvalue weighted by Crippen LogP contribution is -2.44. The molecule has 17 heavy (non-hydrogen) atoms. The summed E-state index contributed by atoms with van der Waals surface area (Å²) in [6.07, 6.45) is 8.11. The van der Waals surface area contributed by atoms with E-state index in [0.717, 1.165) is 5.92 Å². The molecule has 4 atom stereocenters. The van der Waals surface area contributed by atoms with Crippen LogP contribution in [0.4, 0.5) is 0 Å². The van der Waals surface area contributed by atoms with Crippen molar-refractivity contribution in [2.24, 2.45) is 11.8 Å². The molecule has 2 aliphatic carbocycles. The monoisotopic (exact) mass is 236 g/mol. The molecule has 2 saturated carbocycles. The summed E-state index contributed by atoms with van der Waals surface area (Å²) in [5.41, 5.74) is 0. The minimum atomic E-state index is 0.0405. The van der Waals surface area contributed by atoms with Crippen molar-refractivity contribution < 1.29 is 4.79 Å². The molecule has 3 nitrogen and oxygen atoms in total. The van der Waals surface area contributed by atoms with E-state index in [2.05, 4.69) is 17.1 Å². The number of rotatable bonds is 3. The van der Waals surface area contributed by atoms with Crippen LogP contribution in [0.15, 0.2) is 0 Å². The zero-order valence-corrected chi connectivity index (χ0v) is 11.0. The third kappa shape index (κ3) is 1.88. The molecule has 0 aromatic heterocycles. The van der Waals surface area contributed by atoms with E-state index in [1.54, 1.807) is 0 Å². The van der Waals surface area contributed by atoms with Gasteiger partial charge in [0.2, 0.25) is 5.91 Å².